The summed E-state index contributed by atoms with van der Waals surface area (Å²) in [4.78, 5) is 24.7. The summed E-state index contributed by atoms with van der Waals surface area (Å²) in [6.45, 7) is 1.32. The molecule has 0 aromatic heterocycles. The first-order valence-electron chi connectivity index (χ1n) is 9.84. The minimum Gasteiger partial charge on any atom is -0.480 e. The molecule has 0 bridgehead atoms. The van der Waals surface area contributed by atoms with Crippen LogP contribution in [0, 0.1) is 17.1 Å². The van der Waals surface area contributed by atoms with E-state index in [1.807, 2.05) is 6.07 Å². The van der Waals surface area contributed by atoms with Crippen molar-refractivity contribution in [3.63, 3.8) is 0 Å². The Kier molecular flexibility index (Phi) is 7.16. The number of halogens is 4. The molecular formula is C24H17F4N3O3. The summed E-state index contributed by atoms with van der Waals surface area (Å²) in [5.74, 6) is -2.54. The molecule has 174 valence electrons. The van der Waals surface area contributed by atoms with Gasteiger partial charge in [0.25, 0.3) is 11.8 Å². The van der Waals surface area contributed by atoms with Gasteiger partial charge in [-0.1, -0.05) is 24.3 Å². The van der Waals surface area contributed by atoms with Gasteiger partial charge in [0.15, 0.2) is 6.10 Å². The molecule has 0 saturated carbocycles. The van der Waals surface area contributed by atoms with E-state index in [2.05, 4.69) is 10.6 Å². The number of amides is 2. The van der Waals surface area contributed by atoms with Crippen LogP contribution in [0.2, 0.25) is 0 Å². The molecule has 1 atom stereocenters. The van der Waals surface area contributed by atoms with Crippen LogP contribution in [0.15, 0.2) is 66.7 Å². The molecule has 34 heavy (non-hydrogen) atoms. The van der Waals surface area contributed by atoms with Crippen molar-refractivity contribution in [2.45, 2.75) is 19.2 Å². The summed E-state index contributed by atoms with van der Waals surface area (Å²) in [5.41, 5.74) is -2.21. The Morgan fingerprint density at radius 2 is 1.68 bits per heavy atom. The first kappa shape index (κ1) is 24.3. The molecule has 0 spiro atoms. The third-order valence-corrected chi connectivity index (χ3v) is 4.64. The lowest BCUT2D eigenvalue weighted by Crippen LogP contribution is -2.31. The van der Waals surface area contributed by atoms with Gasteiger partial charge < -0.3 is 15.4 Å². The van der Waals surface area contributed by atoms with E-state index >= 15 is 0 Å². The number of nitriles is 1. The van der Waals surface area contributed by atoms with Crippen molar-refractivity contribution >= 4 is 23.2 Å². The zero-order valence-corrected chi connectivity index (χ0v) is 17.6. The number of anilines is 2. The normalized spacial score (nSPS) is 11.8. The highest BCUT2D eigenvalue weighted by molar-refractivity contribution is 6.04. The van der Waals surface area contributed by atoms with Crippen LogP contribution >= 0.6 is 0 Å². The molecular weight excluding hydrogens is 454 g/mol. The zero-order valence-electron chi connectivity index (χ0n) is 17.6. The van der Waals surface area contributed by atoms with Crippen molar-refractivity contribution < 1.29 is 31.9 Å². The molecule has 2 amide bonds. The van der Waals surface area contributed by atoms with Crippen LogP contribution in [-0.2, 0) is 11.0 Å². The SMILES string of the molecule is CC(Oc1ccccc1C#N)C(=O)Nc1ccc(NC(=O)c2ccccc2F)cc1C(F)(F)F. The van der Waals surface area contributed by atoms with Crippen molar-refractivity contribution in [2.75, 3.05) is 10.6 Å². The lowest BCUT2D eigenvalue weighted by molar-refractivity contribution is -0.137. The number of hydrogen-bond acceptors (Lipinski definition) is 4. The number of para-hydroxylation sites is 1. The first-order chi connectivity index (χ1) is 16.1. The Balaban J connectivity index is 1.80. The van der Waals surface area contributed by atoms with Gasteiger partial charge in [0, 0.05) is 5.69 Å². The minimum atomic E-state index is -4.88. The van der Waals surface area contributed by atoms with Crippen molar-refractivity contribution in [3.05, 3.63) is 89.2 Å². The summed E-state index contributed by atoms with van der Waals surface area (Å²) in [5, 5.41) is 13.5. The fourth-order valence-electron chi connectivity index (χ4n) is 2.95. The minimum absolute atomic E-state index is 0.106. The van der Waals surface area contributed by atoms with Crippen LogP contribution < -0.4 is 15.4 Å². The molecule has 0 saturated heterocycles. The third kappa shape index (κ3) is 5.69. The van der Waals surface area contributed by atoms with Crippen molar-refractivity contribution in [1.82, 2.24) is 0 Å². The number of ether oxygens (including phenoxy) is 1. The molecule has 6 nitrogen and oxygen atoms in total. The highest BCUT2D eigenvalue weighted by Crippen LogP contribution is 2.37. The summed E-state index contributed by atoms with van der Waals surface area (Å²) >= 11 is 0. The number of benzene rings is 3. The fraction of sp³-hybridized carbons (Fsp3) is 0.125. The standard InChI is InChI=1S/C24H17F4N3O3/c1-14(34-21-9-5-2-6-15(21)13-29)22(32)31-20-11-10-16(12-18(20)24(26,27)28)30-23(33)17-7-3-4-8-19(17)25/h2-12,14H,1H3,(H,30,33)(H,31,32). The van der Waals surface area contributed by atoms with E-state index in [0.29, 0.717) is 6.07 Å². The van der Waals surface area contributed by atoms with Crippen molar-refractivity contribution in [3.8, 4) is 11.8 Å². The van der Waals surface area contributed by atoms with E-state index in [0.717, 1.165) is 18.2 Å². The number of nitrogens with one attached hydrogen (secondary N) is 2. The predicted octanol–water partition coefficient (Wildman–Crippen LogP) is 5.37. The maximum atomic E-state index is 13.8. The second-order valence-corrected chi connectivity index (χ2v) is 7.05. The number of rotatable bonds is 6. The second-order valence-electron chi connectivity index (χ2n) is 7.05. The maximum absolute atomic E-state index is 13.8. The molecule has 10 heteroatoms. The van der Waals surface area contributed by atoms with Gasteiger partial charge >= 0.3 is 6.18 Å². The van der Waals surface area contributed by atoms with Crippen molar-refractivity contribution in [2.24, 2.45) is 0 Å². The van der Waals surface area contributed by atoms with E-state index in [1.165, 1.54) is 37.3 Å². The van der Waals surface area contributed by atoms with Crippen LogP contribution in [0.3, 0.4) is 0 Å². The molecule has 0 heterocycles. The smallest absolute Gasteiger partial charge is 0.418 e. The fourth-order valence-corrected chi connectivity index (χ4v) is 2.95. The molecule has 3 rings (SSSR count). The van der Waals surface area contributed by atoms with Gasteiger partial charge in [-0.2, -0.15) is 18.4 Å². The number of nitrogens with zero attached hydrogens (tertiary/aromatic N) is 1. The number of carbonyl (C=O) groups excluding carboxylic acids is 2. The first-order valence-corrected chi connectivity index (χ1v) is 9.84. The average molecular weight is 471 g/mol. The second kappa shape index (κ2) is 10.0. The molecule has 0 aliphatic carbocycles. The van der Waals surface area contributed by atoms with Crippen LogP contribution in [0.5, 0.6) is 5.75 Å². The van der Waals surface area contributed by atoms with E-state index in [1.54, 1.807) is 12.1 Å². The van der Waals surface area contributed by atoms with E-state index in [4.69, 9.17) is 10.00 Å². The van der Waals surface area contributed by atoms with E-state index < -0.39 is 41.2 Å². The number of carbonyl (C=O) groups is 2. The topological polar surface area (TPSA) is 91.2 Å². The zero-order chi connectivity index (χ0) is 24.9. The van der Waals surface area contributed by atoms with Crippen molar-refractivity contribution in [1.29, 1.82) is 5.26 Å². The molecule has 0 fully saturated rings. The van der Waals surface area contributed by atoms with Crippen LogP contribution in [-0.4, -0.2) is 17.9 Å². The van der Waals surface area contributed by atoms with Gasteiger partial charge in [-0.3, -0.25) is 9.59 Å². The Hall–Kier alpha value is -4.39. The Morgan fingerprint density at radius 1 is 1.00 bits per heavy atom. The Bertz CT molecular complexity index is 1270. The monoisotopic (exact) mass is 471 g/mol. The average Bonchev–Trinajstić information content (AvgIpc) is 2.79. The predicted molar refractivity (Wildman–Crippen MR) is 116 cm³/mol. The summed E-state index contributed by atoms with van der Waals surface area (Å²) in [6, 6.07) is 15.7. The summed E-state index contributed by atoms with van der Waals surface area (Å²) in [6.07, 6.45) is -6.10. The van der Waals surface area contributed by atoms with Crippen LogP contribution in [0.1, 0.15) is 28.4 Å². The largest absolute Gasteiger partial charge is 0.480 e. The Labute approximate surface area is 191 Å². The van der Waals surface area contributed by atoms with Gasteiger partial charge in [0.05, 0.1) is 22.4 Å². The molecule has 0 aliphatic heterocycles. The van der Waals surface area contributed by atoms with Crippen LogP contribution in [0.4, 0.5) is 28.9 Å². The van der Waals surface area contributed by atoms with Gasteiger partial charge in [0.1, 0.15) is 17.6 Å². The molecule has 2 N–H and O–H groups in total. The van der Waals surface area contributed by atoms with E-state index in [9.17, 15) is 27.2 Å². The third-order valence-electron chi connectivity index (χ3n) is 4.64. The summed E-state index contributed by atoms with van der Waals surface area (Å²) < 4.78 is 60.2. The van der Waals surface area contributed by atoms with Gasteiger partial charge in [-0.25, -0.2) is 4.39 Å². The van der Waals surface area contributed by atoms with E-state index in [-0.39, 0.29) is 22.6 Å². The molecule has 3 aromatic carbocycles. The van der Waals surface area contributed by atoms with Gasteiger partial charge in [0.2, 0.25) is 0 Å². The number of alkyl halides is 3. The van der Waals surface area contributed by atoms with Gasteiger partial charge in [-0.15, -0.1) is 0 Å². The highest BCUT2D eigenvalue weighted by Gasteiger charge is 2.35. The maximum Gasteiger partial charge on any atom is 0.418 e. The highest BCUT2D eigenvalue weighted by atomic mass is 19.4. The summed E-state index contributed by atoms with van der Waals surface area (Å²) in [7, 11) is 0. The lowest BCUT2D eigenvalue weighted by Gasteiger charge is -2.19. The quantitative estimate of drug-likeness (QED) is 0.473. The van der Waals surface area contributed by atoms with Crippen LogP contribution in [0.25, 0.3) is 0 Å². The lowest BCUT2D eigenvalue weighted by atomic mass is 10.1. The Morgan fingerprint density at radius 3 is 2.35 bits per heavy atom. The molecule has 1 unspecified atom stereocenters. The molecule has 0 radical (unpaired) electrons. The van der Waals surface area contributed by atoms with Gasteiger partial charge in [-0.05, 0) is 49.4 Å². The number of hydrogen-bond donors (Lipinski definition) is 2. The molecule has 0 aliphatic rings. The molecule has 3 aromatic rings.